The molecule has 0 aliphatic heterocycles. The van der Waals surface area contributed by atoms with Crippen molar-refractivity contribution < 1.29 is 9.53 Å². The van der Waals surface area contributed by atoms with Crippen LogP contribution in [0.2, 0.25) is 0 Å². The maximum Gasteiger partial charge on any atom is 0.248 e. The predicted molar refractivity (Wildman–Crippen MR) is 73.2 cm³/mol. The monoisotopic (exact) mass is 266 g/mol. The van der Waals surface area contributed by atoms with Crippen molar-refractivity contribution in [1.29, 1.82) is 0 Å². The molecule has 18 heavy (non-hydrogen) atoms. The second-order valence-electron chi connectivity index (χ2n) is 3.71. The molecule has 0 saturated heterocycles. The number of hydrogen-bond donors (Lipinski definition) is 1. The number of carbonyl (C=O) groups is 1. The standard InChI is InChI=1S/C13H18N2O2S/c1-3-17-9-13(16)15(2)8-11-7-12(18-10-11)5-4-6-14/h7,10H,3,6,8-9,14H2,1-2H3. The van der Waals surface area contributed by atoms with Gasteiger partial charge < -0.3 is 15.4 Å². The first kappa shape index (κ1) is 14.7. The Bertz CT molecular complexity index is 445. The number of amides is 1. The number of nitrogens with two attached hydrogens (primary N) is 1. The summed E-state index contributed by atoms with van der Waals surface area (Å²) in [6.07, 6.45) is 0. The fraction of sp³-hybridized carbons (Fsp3) is 0.462. The average Bonchev–Trinajstić information content (AvgIpc) is 2.80. The first-order chi connectivity index (χ1) is 8.67. The third-order valence-electron chi connectivity index (χ3n) is 2.24. The largest absolute Gasteiger partial charge is 0.372 e. The van der Waals surface area contributed by atoms with Gasteiger partial charge in [-0.1, -0.05) is 11.8 Å². The number of nitrogens with zero attached hydrogens (tertiary/aromatic N) is 1. The summed E-state index contributed by atoms with van der Waals surface area (Å²) in [5.74, 6) is 5.77. The summed E-state index contributed by atoms with van der Waals surface area (Å²) in [5, 5.41) is 2.00. The Hall–Kier alpha value is -1.35. The third-order valence-corrected chi connectivity index (χ3v) is 3.14. The van der Waals surface area contributed by atoms with Gasteiger partial charge in [0.15, 0.2) is 0 Å². The minimum atomic E-state index is -0.0161. The second kappa shape index (κ2) is 7.88. The van der Waals surface area contributed by atoms with Crippen LogP contribution in [-0.4, -0.2) is 37.6 Å². The van der Waals surface area contributed by atoms with E-state index in [1.807, 2.05) is 18.4 Å². The Kier molecular flexibility index (Phi) is 6.44. The zero-order valence-electron chi connectivity index (χ0n) is 10.7. The number of likely N-dealkylation sites (N-methyl/N-ethyl adjacent to an activating group) is 1. The zero-order valence-corrected chi connectivity index (χ0v) is 11.5. The molecule has 0 bridgehead atoms. The van der Waals surface area contributed by atoms with Gasteiger partial charge in [-0.05, 0) is 23.9 Å². The van der Waals surface area contributed by atoms with Gasteiger partial charge in [-0.25, -0.2) is 0 Å². The molecule has 0 unspecified atom stereocenters. The Morgan fingerprint density at radius 1 is 1.61 bits per heavy atom. The van der Waals surface area contributed by atoms with Crippen LogP contribution in [0.1, 0.15) is 17.4 Å². The number of carbonyl (C=O) groups excluding carboxylic acids is 1. The molecule has 1 aromatic heterocycles. The van der Waals surface area contributed by atoms with Crippen LogP contribution in [-0.2, 0) is 16.1 Å². The summed E-state index contributed by atoms with van der Waals surface area (Å²) >= 11 is 1.56. The smallest absolute Gasteiger partial charge is 0.248 e. The van der Waals surface area contributed by atoms with Gasteiger partial charge in [-0.3, -0.25) is 4.79 Å². The summed E-state index contributed by atoms with van der Waals surface area (Å²) in [6.45, 7) is 3.50. The Morgan fingerprint density at radius 3 is 3.06 bits per heavy atom. The molecule has 2 N–H and O–H groups in total. The molecule has 0 saturated carbocycles. The SMILES string of the molecule is CCOCC(=O)N(C)Cc1csc(C#CCN)c1. The Balaban J connectivity index is 2.51. The molecule has 1 aromatic rings. The zero-order chi connectivity index (χ0) is 13.4. The van der Waals surface area contributed by atoms with E-state index in [4.69, 9.17) is 10.5 Å². The molecule has 98 valence electrons. The molecule has 0 atom stereocenters. The van der Waals surface area contributed by atoms with E-state index >= 15 is 0 Å². The number of thiophene rings is 1. The highest BCUT2D eigenvalue weighted by molar-refractivity contribution is 7.10. The maximum absolute atomic E-state index is 11.6. The summed E-state index contributed by atoms with van der Waals surface area (Å²) in [4.78, 5) is 14.3. The minimum absolute atomic E-state index is 0.0161. The van der Waals surface area contributed by atoms with E-state index in [0.717, 1.165) is 10.4 Å². The van der Waals surface area contributed by atoms with Crippen LogP contribution in [0.15, 0.2) is 11.4 Å². The lowest BCUT2D eigenvalue weighted by Crippen LogP contribution is -2.29. The molecule has 4 nitrogen and oxygen atoms in total. The number of ether oxygens (including phenoxy) is 1. The van der Waals surface area contributed by atoms with Gasteiger partial charge in [0.1, 0.15) is 6.61 Å². The van der Waals surface area contributed by atoms with Gasteiger partial charge >= 0.3 is 0 Å². The van der Waals surface area contributed by atoms with Crippen LogP contribution in [0.25, 0.3) is 0 Å². The maximum atomic E-state index is 11.6. The van der Waals surface area contributed by atoms with E-state index < -0.39 is 0 Å². The average molecular weight is 266 g/mol. The van der Waals surface area contributed by atoms with Crippen molar-refractivity contribution in [2.75, 3.05) is 26.8 Å². The summed E-state index contributed by atoms with van der Waals surface area (Å²) < 4.78 is 5.09. The molecular formula is C13H18N2O2S. The summed E-state index contributed by atoms with van der Waals surface area (Å²) in [6, 6.07) is 1.98. The van der Waals surface area contributed by atoms with Crippen LogP contribution in [0.3, 0.4) is 0 Å². The summed E-state index contributed by atoms with van der Waals surface area (Å²) in [5.41, 5.74) is 6.39. The molecule has 0 fully saturated rings. The van der Waals surface area contributed by atoms with Crippen LogP contribution < -0.4 is 5.73 Å². The number of hydrogen-bond acceptors (Lipinski definition) is 4. The Labute approximate surface area is 112 Å². The fourth-order valence-electron chi connectivity index (χ4n) is 1.32. The van der Waals surface area contributed by atoms with Crippen LogP contribution in [0, 0.1) is 11.8 Å². The van der Waals surface area contributed by atoms with Gasteiger partial charge in [0.05, 0.1) is 11.4 Å². The molecule has 1 rings (SSSR count). The molecule has 0 aliphatic carbocycles. The van der Waals surface area contributed by atoms with Crippen molar-refractivity contribution in [2.24, 2.45) is 5.73 Å². The minimum Gasteiger partial charge on any atom is -0.372 e. The van der Waals surface area contributed by atoms with Crippen molar-refractivity contribution in [3.8, 4) is 11.8 Å². The van der Waals surface area contributed by atoms with E-state index in [1.54, 1.807) is 23.3 Å². The molecule has 0 aromatic carbocycles. The van der Waals surface area contributed by atoms with Crippen molar-refractivity contribution >= 4 is 17.2 Å². The lowest BCUT2D eigenvalue weighted by atomic mass is 10.3. The van der Waals surface area contributed by atoms with E-state index in [2.05, 4.69) is 11.8 Å². The van der Waals surface area contributed by atoms with Crippen molar-refractivity contribution in [3.05, 3.63) is 21.9 Å². The highest BCUT2D eigenvalue weighted by Gasteiger charge is 2.09. The van der Waals surface area contributed by atoms with E-state index in [-0.39, 0.29) is 12.5 Å². The molecule has 1 amide bonds. The van der Waals surface area contributed by atoms with Gasteiger partial charge in [-0.2, -0.15) is 0 Å². The van der Waals surface area contributed by atoms with Gasteiger partial charge in [-0.15, -0.1) is 11.3 Å². The third kappa shape index (κ3) is 4.88. The molecule has 0 aliphatic rings. The lowest BCUT2D eigenvalue weighted by molar-refractivity contribution is -0.135. The summed E-state index contributed by atoms with van der Waals surface area (Å²) in [7, 11) is 1.77. The van der Waals surface area contributed by atoms with Crippen molar-refractivity contribution in [3.63, 3.8) is 0 Å². The van der Waals surface area contributed by atoms with Crippen LogP contribution in [0.5, 0.6) is 0 Å². The normalized spacial score (nSPS) is 9.72. The second-order valence-corrected chi connectivity index (χ2v) is 4.62. The first-order valence-electron chi connectivity index (χ1n) is 5.75. The molecule has 1 heterocycles. The number of rotatable bonds is 5. The van der Waals surface area contributed by atoms with Crippen LogP contribution in [0.4, 0.5) is 0 Å². The highest BCUT2D eigenvalue weighted by atomic mass is 32.1. The topological polar surface area (TPSA) is 55.6 Å². The Morgan fingerprint density at radius 2 is 2.39 bits per heavy atom. The van der Waals surface area contributed by atoms with Crippen molar-refractivity contribution in [2.45, 2.75) is 13.5 Å². The fourth-order valence-corrected chi connectivity index (χ4v) is 2.10. The van der Waals surface area contributed by atoms with E-state index in [1.165, 1.54) is 0 Å². The predicted octanol–water partition coefficient (Wildman–Crippen LogP) is 1.05. The lowest BCUT2D eigenvalue weighted by Gasteiger charge is -2.15. The van der Waals surface area contributed by atoms with E-state index in [9.17, 15) is 4.79 Å². The van der Waals surface area contributed by atoms with Crippen molar-refractivity contribution in [1.82, 2.24) is 4.90 Å². The van der Waals surface area contributed by atoms with Crippen LogP contribution >= 0.6 is 11.3 Å². The highest BCUT2D eigenvalue weighted by Crippen LogP contribution is 2.15. The molecular weight excluding hydrogens is 248 g/mol. The van der Waals surface area contributed by atoms with Gasteiger partial charge in [0.2, 0.25) is 5.91 Å². The quantitative estimate of drug-likeness (QED) is 0.811. The molecule has 0 spiro atoms. The first-order valence-corrected chi connectivity index (χ1v) is 6.63. The van der Waals surface area contributed by atoms with Gasteiger partial charge in [0, 0.05) is 20.2 Å². The van der Waals surface area contributed by atoms with Gasteiger partial charge in [0.25, 0.3) is 0 Å². The molecule has 0 radical (unpaired) electrons. The van der Waals surface area contributed by atoms with E-state index in [0.29, 0.717) is 19.7 Å². The molecule has 5 heteroatoms.